The number of aromatic nitrogens is 2. The van der Waals surface area contributed by atoms with E-state index in [4.69, 9.17) is 20.4 Å². The van der Waals surface area contributed by atoms with Gasteiger partial charge in [-0.15, -0.1) is 11.3 Å². The van der Waals surface area contributed by atoms with Crippen molar-refractivity contribution in [2.75, 3.05) is 44.3 Å². The van der Waals surface area contributed by atoms with E-state index in [0.717, 1.165) is 76.1 Å². The molecule has 1 saturated carbocycles. The molecule has 8 nitrogen and oxygen atoms in total. The van der Waals surface area contributed by atoms with Gasteiger partial charge in [-0.05, 0) is 74.6 Å². The molecule has 39 heavy (non-hydrogen) atoms. The minimum Gasteiger partial charge on any atom is -0.398 e. The largest absolute Gasteiger partial charge is 0.398 e. The number of anilines is 1. The number of amides is 1. The molecule has 3 aromatic rings. The first-order valence-electron chi connectivity index (χ1n) is 14.0. The smallest absolute Gasteiger partial charge is 0.264 e. The maximum atomic E-state index is 13.8. The summed E-state index contributed by atoms with van der Waals surface area (Å²) in [6, 6.07) is 8.05. The number of aryl methyl sites for hydroxylation is 2. The number of hydrogen-bond donors (Lipinski definition) is 1. The van der Waals surface area contributed by atoms with Gasteiger partial charge < -0.3 is 20.3 Å². The van der Waals surface area contributed by atoms with Crippen LogP contribution in [0.4, 0.5) is 11.8 Å². The van der Waals surface area contributed by atoms with Gasteiger partial charge >= 0.3 is 0 Å². The van der Waals surface area contributed by atoms with Crippen LogP contribution in [0.5, 0.6) is 0 Å². The van der Waals surface area contributed by atoms with E-state index in [2.05, 4.69) is 14.8 Å². The lowest BCUT2D eigenvalue weighted by Gasteiger charge is -2.32. The minimum atomic E-state index is 0.132. The molecule has 4 heterocycles. The summed E-state index contributed by atoms with van der Waals surface area (Å²) in [7, 11) is 0. The van der Waals surface area contributed by atoms with Crippen LogP contribution in [-0.2, 0) is 4.74 Å². The number of nitrogens with zero attached hydrogens (tertiary/aromatic N) is 5. The topological polar surface area (TPSA) is 96.9 Å². The van der Waals surface area contributed by atoms with Gasteiger partial charge in [-0.25, -0.2) is 9.98 Å². The van der Waals surface area contributed by atoms with Crippen LogP contribution in [0, 0.1) is 25.7 Å². The Bertz CT molecular complexity index is 1440. The summed E-state index contributed by atoms with van der Waals surface area (Å²) >= 11 is 1.52. The molecular weight excluding hydrogens is 508 g/mol. The lowest BCUT2D eigenvalue weighted by Crippen LogP contribution is -2.40. The van der Waals surface area contributed by atoms with Crippen molar-refractivity contribution in [3.05, 3.63) is 51.9 Å². The Hall–Kier alpha value is -3.30. The predicted molar refractivity (Wildman–Crippen MR) is 158 cm³/mol. The van der Waals surface area contributed by atoms with E-state index in [-0.39, 0.29) is 5.91 Å². The highest BCUT2D eigenvalue weighted by Gasteiger charge is 2.36. The van der Waals surface area contributed by atoms with Crippen LogP contribution in [0.3, 0.4) is 0 Å². The third-order valence-electron chi connectivity index (χ3n) is 8.07. The van der Waals surface area contributed by atoms with Crippen molar-refractivity contribution >= 4 is 51.1 Å². The van der Waals surface area contributed by atoms with Gasteiger partial charge in [-0.1, -0.05) is 23.8 Å². The average Bonchev–Trinajstić information content (AvgIpc) is 3.77. The van der Waals surface area contributed by atoms with E-state index in [1.165, 1.54) is 30.6 Å². The summed E-state index contributed by atoms with van der Waals surface area (Å²) in [5.74, 6) is 2.80. The number of morpholine rings is 1. The standard InChI is InChI=1S/C30H36N6O2S/c1-19-5-3-6-22(17-19)24(31)10-11-32-30-33-25-20(2)26(29(37)36-12-4-7-23(18-36)21-8-9-21)39-27(25)28(34-30)35-13-15-38-16-14-35/h3,5-6,10-11,17,21,23H,4,7-9,12-16,18,31H2,1-2H3/b24-10-,32-11+. The molecule has 2 aliphatic heterocycles. The van der Waals surface area contributed by atoms with Gasteiger partial charge in [-0.3, -0.25) is 4.79 Å². The quantitative estimate of drug-likeness (QED) is 0.433. The van der Waals surface area contributed by atoms with E-state index in [0.29, 0.717) is 30.8 Å². The summed E-state index contributed by atoms with van der Waals surface area (Å²) < 4.78 is 6.54. The molecule has 1 unspecified atom stereocenters. The highest BCUT2D eigenvalue weighted by molar-refractivity contribution is 7.21. The van der Waals surface area contributed by atoms with Gasteiger partial charge in [-0.2, -0.15) is 4.98 Å². The molecule has 2 aromatic heterocycles. The molecule has 0 radical (unpaired) electrons. The average molecular weight is 545 g/mol. The number of carbonyl (C=O) groups excluding carboxylic acids is 1. The Morgan fingerprint density at radius 2 is 1.95 bits per heavy atom. The summed E-state index contributed by atoms with van der Waals surface area (Å²) in [5, 5.41) is 0. The number of rotatable bonds is 6. The third kappa shape index (κ3) is 5.56. The lowest BCUT2D eigenvalue weighted by molar-refractivity contribution is 0.0664. The molecule has 2 saturated heterocycles. The Kier molecular flexibility index (Phi) is 7.36. The first-order chi connectivity index (χ1) is 19.0. The lowest BCUT2D eigenvalue weighted by atomic mass is 9.93. The summed E-state index contributed by atoms with van der Waals surface area (Å²) in [6.45, 7) is 8.54. The second kappa shape index (κ2) is 11.1. The van der Waals surface area contributed by atoms with E-state index in [1.54, 1.807) is 12.3 Å². The van der Waals surface area contributed by atoms with Crippen molar-refractivity contribution in [2.45, 2.75) is 39.5 Å². The van der Waals surface area contributed by atoms with Crippen molar-refractivity contribution in [3.63, 3.8) is 0 Å². The predicted octanol–water partition coefficient (Wildman–Crippen LogP) is 5.11. The summed E-state index contributed by atoms with van der Waals surface area (Å²) in [6.07, 6.45) is 8.41. The molecule has 0 spiro atoms. The Morgan fingerprint density at radius 1 is 1.13 bits per heavy atom. The highest BCUT2D eigenvalue weighted by atomic mass is 32.1. The number of benzene rings is 1. The number of hydrogen-bond acceptors (Lipinski definition) is 8. The number of fused-ring (bicyclic) bond motifs is 1. The Morgan fingerprint density at radius 3 is 2.72 bits per heavy atom. The molecular formula is C30H36N6O2S. The van der Waals surface area contributed by atoms with Crippen LogP contribution >= 0.6 is 11.3 Å². The molecule has 1 atom stereocenters. The van der Waals surface area contributed by atoms with Crippen LogP contribution in [0.15, 0.2) is 35.3 Å². The van der Waals surface area contributed by atoms with E-state index in [1.807, 2.05) is 38.1 Å². The second-order valence-corrected chi connectivity index (χ2v) is 12.0. The van der Waals surface area contributed by atoms with Crippen LogP contribution in [0.1, 0.15) is 52.0 Å². The summed E-state index contributed by atoms with van der Waals surface area (Å²) in [4.78, 5) is 33.1. The van der Waals surface area contributed by atoms with Crippen LogP contribution < -0.4 is 10.6 Å². The first-order valence-corrected chi connectivity index (χ1v) is 14.8. The fourth-order valence-corrected chi connectivity index (χ4v) is 6.94. The van der Waals surface area contributed by atoms with Crippen molar-refractivity contribution in [3.8, 4) is 0 Å². The second-order valence-electron chi connectivity index (χ2n) is 10.9. The van der Waals surface area contributed by atoms with Crippen molar-refractivity contribution in [2.24, 2.45) is 22.6 Å². The zero-order valence-corrected chi connectivity index (χ0v) is 23.5. The number of carbonyl (C=O) groups is 1. The van der Waals surface area contributed by atoms with Gasteiger partial charge in [0.05, 0.1) is 28.3 Å². The van der Waals surface area contributed by atoms with Crippen molar-refractivity contribution in [1.29, 1.82) is 0 Å². The van der Waals surface area contributed by atoms with Gasteiger partial charge in [0.2, 0.25) is 0 Å². The van der Waals surface area contributed by atoms with Crippen LogP contribution in [0.2, 0.25) is 0 Å². The number of thiophene rings is 1. The Balaban J connectivity index is 1.33. The fourth-order valence-electron chi connectivity index (χ4n) is 5.71. The molecule has 2 N–H and O–H groups in total. The molecule has 0 bridgehead atoms. The van der Waals surface area contributed by atoms with Crippen LogP contribution in [-0.4, -0.2) is 66.4 Å². The van der Waals surface area contributed by atoms with E-state index < -0.39 is 0 Å². The highest BCUT2D eigenvalue weighted by Crippen LogP contribution is 2.42. The fraction of sp³-hybridized carbons (Fsp3) is 0.467. The van der Waals surface area contributed by atoms with E-state index >= 15 is 0 Å². The number of aliphatic imine (C=N–C) groups is 1. The Labute approximate surface area is 233 Å². The number of nitrogens with two attached hydrogens (primary N) is 1. The monoisotopic (exact) mass is 544 g/mol. The molecule has 1 amide bonds. The first kappa shape index (κ1) is 26.0. The van der Waals surface area contributed by atoms with Crippen molar-refractivity contribution < 1.29 is 9.53 Å². The van der Waals surface area contributed by atoms with Crippen molar-refractivity contribution in [1.82, 2.24) is 14.9 Å². The SMILES string of the molecule is Cc1cccc(/C(N)=C/C=N/c2nc(N3CCOCC3)c3sc(C(=O)N4CCCC(C5CC5)C4)c(C)c3n2)c1. The number of ether oxygens (including phenoxy) is 1. The maximum absolute atomic E-state index is 13.8. The summed E-state index contributed by atoms with van der Waals surface area (Å²) in [5.41, 5.74) is 10.7. The molecule has 3 aliphatic rings. The normalized spacial score (nSPS) is 20.8. The zero-order chi connectivity index (χ0) is 26.9. The number of piperidine rings is 1. The molecule has 1 aliphatic carbocycles. The van der Waals surface area contributed by atoms with Gasteiger partial charge in [0.15, 0.2) is 5.82 Å². The zero-order valence-electron chi connectivity index (χ0n) is 22.7. The van der Waals surface area contributed by atoms with E-state index in [9.17, 15) is 4.79 Å². The number of allylic oxidation sites excluding steroid dienone is 1. The minimum absolute atomic E-state index is 0.132. The molecule has 6 rings (SSSR count). The molecule has 3 fully saturated rings. The maximum Gasteiger partial charge on any atom is 0.264 e. The van der Waals surface area contributed by atoms with Crippen LogP contribution in [0.25, 0.3) is 15.9 Å². The molecule has 9 heteroatoms. The molecule has 204 valence electrons. The third-order valence-corrected chi connectivity index (χ3v) is 9.33. The van der Waals surface area contributed by atoms with Gasteiger partial charge in [0, 0.05) is 38.1 Å². The van der Waals surface area contributed by atoms with Gasteiger partial charge in [0.25, 0.3) is 11.9 Å². The van der Waals surface area contributed by atoms with Gasteiger partial charge in [0.1, 0.15) is 0 Å². The molecule has 1 aromatic carbocycles. The number of likely N-dealkylation sites (tertiary alicyclic amines) is 1.